The van der Waals surface area contributed by atoms with Gasteiger partial charge in [-0.3, -0.25) is 4.79 Å². The maximum Gasteiger partial charge on any atom is 0.287 e. The molecule has 1 rings (SSSR count). The van der Waals surface area contributed by atoms with Gasteiger partial charge >= 0.3 is 0 Å². The van der Waals surface area contributed by atoms with Gasteiger partial charge in [0.25, 0.3) is 5.91 Å². The number of nitrogens with two attached hydrogens (primary N) is 1. The zero-order valence-electron chi connectivity index (χ0n) is 7.99. The summed E-state index contributed by atoms with van der Waals surface area (Å²) in [6.45, 7) is 1.86. The molecule has 1 aromatic heterocycles. The van der Waals surface area contributed by atoms with Gasteiger partial charge < -0.3 is 20.6 Å². The summed E-state index contributed by atoms with van der Waals surface area (Å²) in [6.07, 6.45) is 0. The molecule has 0 aliphatic heterocycles. The summed E-state index contributed by atoms with van der Waals surface area (Å²) in [5.41, 5.74) is 5.33. The van der Waals surface area contributed by atoms with Gasteiger partial charge in [0.1, 0.15) is 5.76 Å². The molecule has 1 atom stereocenters. The van der Waals surface area contributed by atoms with Gasteiger partial charge in [0.05, 0.1) is 13.2 Å². The fourth-order valence-electron chi connectivity index (χ4n) is 0.950. The van der Waals surface area contributed by atoms with Crippen LogP contribution in [0.15, 0.2) is 16.5 Å². The van der Waals surface area contributed by atoms with Crippen molar-refractivity contribution in [3.63, 3.8) is 0 Å². The lowest BCUT2D eigenvalue weighted by Crippen LogP contribution is -2.34. The van der Waals surface area contributed by atoms with E-state index in [1.165, 1.54) is 0 Å². The number of aliphatic hydroxyl groups is 1. The molecule has 0 fully saturated rings. The van der Waals surface area contributed by atoms with Crippen LogP contribution in [0.2, 0.25) is 0 Å². The molecule has 1 amide bonds. The predicted octanol–water partition coefficient (Wildman–Crippen LogP) is -0.151. The molecule has 1 aromatic rings. The zero-order valence-corrected chi connectivity index (χ0v) is 7.99. The molecule has 0 aliphatic rings. The second kappa shape index (κ2) is 4.78. The Morgan fingerprint density at radius 1 is 1.71 bits per heavy atom. The van der Waals surface area contributed by atoms with Crippen molar-refractivity contribution in [3.05, 3.63) is 23.7 Å². The van der Waals surface area contributed by atoms with E-state index < -0.39 is 0 Å². The van der Waals surface area contributed by atoms with Gasteiger partial charge in [-0.15, -0.1) is 0 Å². The molecule has 1 heterocycles. The van der Waals surface area contributed by atoms with Crippen molar-refractivity contribution in [2.75, 3.05) is 6.61 Å². The van der Waals surface area contributed by atoms with E-state index in [9.17, 15) is 4.79 Å². The van der Waals surface area contributed by atoms with E-state index in [1.807, 2.05) is 0 Å². The first kappa shape index (κ1) is 10.7. The second-order valence-electron chi connectivity index (χ2n) is 3.03. The number of amides is 1. The molecule has 0 saturated heterocycles. The molecule has 0 unspecified atom stereocenters. The highest BCUT2D eigenvalue weighted by molar-refractivity contribution is 5.91. The lowest BCUT2D eigenvalue weighted by atomic mass is 10.3. The predicted molar refractivity (Wildman–Crippen MR) is 50.6 cm³/mol. The molecule has 4 N–H and O–H groups in total. The van der Waals surface area contributed by atoms with Crippen molar-refractivity contribution in [1.29, 1.82) is 0 Å². The van der Waals surface area contributed by atoms with Gasteiger partial charge in [-0.2, -0.15) is 0 Å². The van der Waals surface area contributed by atoms with E-state index >= 15 is 0 Å². The number of aliphatic hydroxyl groups excluding tert-OH is 1. The van der Waals surface area contributed by atoms with E-state index in [1.54, 1.807) is 19.1 Å². The molecule has 5 nitrogen and oxygen atoms in total. The summed E-state index contributed by atoms with van der Waals surface area (Å²) in [5.74, 6) is 0.434. The van der Waals surface area contributed by atoms with Crippen LogP contribution in [0.3, 0.4) is 0 Å². The molecule has 0 aliphatic carbocycles. The van der Waals surface area contributed by atoms with Gasteiger partial charge in [0, 0.05) is 6.04 Å². The minimum absolute atomic E-state index is 0.101. The third-order valence-corrected chi connectivity index (χ3v) is 1.74. The summed E-state index contributed by atoms with van der Waals surface area (Å²) < 4.78 is 5.12. The SMILES string of the molecule is C[C@H](CO)NC(=O)c1ccc(CN)o1. The summed E-state index contributed by atoms with van der Waals surface area (Å²) in [4.78, 5) is 11.4. The monoisotopic (exact) mass is 198 g/mol. The van der Waals surface area contributed by atoms with E-state index in [4.69, 9.17) is 15.3 Å². The normalized spacial score (nSPS) is 12.5. The summed E-state index contributed by atoms with van der Waals surface area (Å²) in [6, 6.07) is 2.93. The van der Waals surface area contributed by atoms with Crippen LogP contribution in [0, 0.1) is 0 Å². The fourth-order valence-corrected chi connectivity index (χ4v) is 0.950. The average Bonchev–Trinajstić information content (AvgIpc) is 2.65. The Hall–Kier alpha value is -1.33. The van der Waals surface area contributed by atoms with Gasteiger partial charge in [-0.1, -0.05) is 0 Å². The lowest BCUT2D eigenvalue weighted by molar-refractivity contribution is 0.0892. The third kappa shape index (κ3) is 2.58. The molecule has 0 radical (unpaired) electrons. The van der Waals surface area contributed by atoms with Crippen LogP contribution in [0.5, 0.6) is 0 Å². The quantitative estimate of drug-likeness (QED) is 0.627. The Balaban J connectivity index is 2.60. The Bertz CT molecular complexity index is 309. The number of hydrogen-bond acceptors (Lipinski definition) is 4. The van der Waals surface area contributed by atoms with Crippen LogP contribution in [-0.2, 0) is 6.54 Å². The first-order valence-electron chi connectivity index (χ1n) is 4.38. The minimum atomic E-state index is -0.341. The topological polar surface area (TPSA) is 88.5 Å². The number of carbonyl (C=O) groups is 1. The number of rotatable bonds is 4. The van der Waals surface area contributed by atoms with Crippen molar-refractivity contribution in [1.82, 2.24) is 5.32 Å². The highest BCUT2D eigenvalue weighted by Gasteiger charge is 2.12. The average molecular weight is 198 g/mol. The van der Waals surface area contributed by atoms with E-state index in [0.717, 1.165) is 0 Å². The minimum Gasteiger partial charge on any atom is -0.455 e. The zero-order chi connectivity index (χ0) is 10.6. The van der Waals surface area contributed by atoms with Crippen LogP contribution < -0.4 is 11.1 Å². The van der Waals surface area contributed by atoms with Crippen molar-refractivity contribution >= 4 is 5.91 Å². The lowest BCUT2D eigenvalue weighted by Gasteiger charge is -2.08. The smallest absolute Gasteiger partial charge is 0.287 e. The molecule has 78 valence electrons. The van der Waals surface area contributed by atoms with Crippen LogP contribution >= 0.6 is 0 Å². The Kier molecular flexibility index (Phi) is 3.67. The van der Waals surface area contributed by atoms with Gasteiger partial charge in [0.15, 0.2) is 5.76 Å². The number of furan rings is 1. The Labute approximate surface area is 81.9 Å². The highest BCUT2D eigenvalue weighted by Crippen LogP contribution is 2.06. The van der Waals surface area contributed by atoms with Crippen molar-refractivity contribution < 1.29 is 14.3 Å². The summed E-state index contributed by atoms with van der Waals surface area (Å²) in [7, 11) is 0. The van der Waals surface area contributed by atoms with Crippen LogP contribution in [0.1, 0.15) is 23.2 Å². The second-order valence-corrected chi connectivity index (χ2v) is 3.03. The Morgan fingerprint density at radius 2 is 2.43 bits per heavy atom. The maximum atomic E-state index is 11.4. The van der Waals surface area contributed by atoms with E-state index in [0.29, 0.717) is 5.76 Å². The molecule has 0 saturated carbocycles. The molecule has 5 heteroatoms. The van der Waals surface area contributed by atoms with E-state index in [2.05, 4.69) is 5.32 Å². The van der Waals surface area contributed by atoms with E-state index in [-0.39, 0.29) is 30.9 Å². The standard InChI is InChI=1S/C9H14N2O3/c1-6(5-12)11-9(13)8-3-2-7(4-10)14-8/h2-3,6,12H,4-5,10H2,1H3,(H,11,13)/t6-/m1/s1. The number of nitrogens with one attached hydrogen (secondary N) is 1. The molecular weight excluding hydrogens is 184 g/mol. The number of carbonyl (C=O) groups excluding carboxylic acids is 1. The molecule has 0 aromatic carbocycles. The van der Waals surface area contributed by atoms with Gasteiger partial charge in [-0.25, -0.2) is 0 Å². The van der Waals surface area contributed by atoms with Crippen LogP contribution in [0.4, 0.5) is 0 Å². The van der Waals surface area contributed by atoms with Crippen molar-refractivity contribution in [2.45, 2.75) is 19.5 Å². The van der Waals surface area contributed by atoms with Crippen LogP contribution in [-0.4, -0.2) is 23.7 Å². The molecule has 14 heavy (non-hydrogen) atoms. The molecule has 0 spiro atoms. The van der Waals surface area contributed by atoms with Crippen LogP contribution in [0.25, 0.3) is 0 Å². The van der Waals surface area contributed by atoms with Crippen molar-refractivity contribution in [3.8, 4) is 0 Å². The summed E-state index contributed by atoms with van der Waals surface area (Å²) >= 11 is 0. The molecular formula is C9H14N2O3. The first-order valence-corrected chi connectivity index (χ1v) is 4.38. The van der Waals surface area contributed by atoms with Gasteiger partial charge in [-0.05, 0) is 19.1 Å². The third-order valence-electron chi connectivity index (χ3n) is 1.74. The Morgan fingerprint density at radius 3 is 2.93 bits per heavy atom. The van der Waals surface area contributed by atoms with Crippen molar-refractivity contribution in [2.24, 2.45) is 5.73 Å². The number of hydrogen-bond donors (Lipinski definition) is 3. The van der Waals surface area contributed by atoms with Gasteiger partial charge in [0.2, 0.25) is 0 Å². The largest absolute Gasteiger partial charge is 0.455 e. The maximum absolute atomic E-state index is 11.4. The molecule has 0 bridgehead atoms. The first-order chi connectivity index (χ1) is 6.67. The fraction of sp³-hybridized carbons (Fsp3) is 0.444. The highest BCUT2D eigenvalue weighted by atomic mass is 16.4. The summed E-state index contributed by atoms with van der Waals surface area (Å²) in [5, 5.41) is 11.3.